The molecular formula is C11H22ClNO2. The van der Waals surface area contributed by atoms with E-state index in [-0.39, 0.29) is 5.60 Å². The van der Waals surface area contributed by atoms with Crippen molar-refractivity contribution in [3.63, 3.8) is 0 Å². The number of hydrogen-bond donors (Lipinski definition) is 0. The van der Waals surface area contributed by atoms with Crippen LogP contribution in [0.3, 0.4) is 0 Å². The summed E-state index contributed by atoms with van der Waals surface area (Å²) in [6, 6.07) is 0.351. The average Bonchev–Trinajstić information content (AvgIpc) is 2.16. The van der Waals surface area contributed by atoms with E-state index in [1.807, 2.05) is 0 Å². The summed E-state index contributed by atoms with van der Waals surface area (Å²) in [7, 11) is 0. The van der Waals surface area contributed by atoms with Crippen LogP contribution in [-0.2, 0) is 9.47 Å². The summed E-state index contributed by atoms with van der Waals surface area (Å²) < 4.78 is 11.1. The number of ether oxygens (including phenoxy) is 2. The van der Waals surface area contributed by atoms with Crippen LogP contribution in [0.15, 0.2) is 0 Å². The normalized spacial score (nSPS) is 24.4. The van der Waals surface area contributed by atoms with Crippen LogP contribution in [0.2, 0.25) is 0 Å². The van der Waals surface area contributed by atoms with Gasteiger partial charge in [0, 0.05) is 25.0 Å². The molecule has 1 unspecified atom stereocenters. The molecule has 1 atom stereocenters. The third-order valence-electron chi connectivity index (χ3n) is 2.44. The van der Waals surface area contributed by atoms with E-state index >= 15 is 0 Å². The Balaban J connectivity index is 2.23. The van der Waals surface area contributed by atoms with E-state index in [1.165, 1.54) is 0 Å². The minimum atomic E-state index is -0.0528. The van der Waals surface area contributed by atoms with Crippen molar-refractivity contribution in [1.82, 2.24) is 4.90 Å². The third kappa shape index (κ3) is 5.16. The molecule has 90 valence electrons. The Morgan fingerprint density at radius 1 is 1.47 bits per heavy atom. The lowest BCUT2D eigenvalue weighted by Gasteiger charge is -2.34. The van der Waals surface area contributed by atoms with Crippen molar-refractivity contribution < 1.29 is 9.47 Å². The topological polar surface area (TPSA) is 21.7 Å². The lowest BCUT2D eigenvalue weighted by Crippen LogP contribution is -2.48. The molecule has 1 rings (SSSR count). The first-order chi connectivity index (χ1) is 7.03. The molecule has 1 fully saturated rings. The van der Waals surface area contributed by atoms with Gasteiger partial charge >= 0.3 is 0 Å². The molecule has 3 nitrogen and oxygen atoms in total. The second-order valence-electron chi connectivity index (χ2n) is 4.88. The largest absolute Gasteiger partial charge is 0.378 e. The lowest BCUT2D eigenvalue weighted by atomic mass is 10.2. The van der Waals surface area contributed by atoms with E-state index < -0.39 is 0 Å². The molecule has 1 aliphatic rings. The molecule has 1 heterocycles. The fourth-order valence-electron chi connectivity index (χ4n) is 1.59. The SMILES string of the molecule is CC(C)(C)OCCN1CCOCC1CCl. The van der Waals surface area contributed by atoms with E-state index in [0.29, 0.717) is 11.9 Å². The second kappa shape index (κ2) is 6.04. The smallest absolute Gasteiger partial charge is 0.0634 e. The van der Waals surface area contributed by atoms with Crippen molar-refractivity contribution in [3.05, 3.63) is 0 Å². The van der Waals surface area contributed by atoms with Gasteiger partial charge in [-0.3, -0.25) is 4.90 Å². The molecule has 1 aliphatic heterocycles. The maximum atomic E-state index is 5.88. The van der Waals surface area contributed by atoms with Crippen LogP contribution in [0.5, 0.6) is 0 Å². The Hall–Kier alpha value is 0.170. The molecule has 0 spiro atoms. The van der Waals surface area contributed by atoms with Crippen LogP contribution in [0, 0.1) is 0 Å². The highest BCUT2D eigenvalue weighted by atomic mass is 35.5. The molecule has 0 radical (unpaired) electrons. The molecule has 15 heavy (non-hydrogen) atoms. The van der Waals surface area contributed by atoms with Gasteiger partial charge < -0.3 is 9.47 Å². The highest BCUT2D eigenvalue weighted by Gasteiger charge is 2.22. The fraction of sp³-hybridized carbons (Fsp3) is 1.00. The third-order valence-corrected chi connectivity index (χ3v) is 2.80. The zero-order chi connectivity index (χ0) is 11.3. The number of nitrogens with zero attached hydrogens (tertiary/aromatic N) is 1. The van der Waals surface area contributed by atoms with E-state index in [1.54, 1.807) is 0 Å². The van der Waals surface area contributed by atoms with Gasteiger partial charge in [0.05, 0.1) is 25.4 Å². The first-order valence-corrected chi connectivity index (χ1v) is 6.08. The molecule has 0 aromatic rings. The summed E-state index contributed by atoms with van der Waals surface area (Å²) in [6.07, 6.45) is 0. The lowest BCUT2D eigenvalue weighted by molar-refractivity contribution is -0.0435. The van der Waals surface area contributed by atoms with Crippen molar-refractivity contribution in [1.29, 1.82) is 0 Å². The standard InChI is InChI=1S/C11H22ClNO2/c1-11(2,3)15-7-5-13-4-6-14-9-10(13)8-12/h10H,4-9H2,1-3H3. The molecule has 0 bridgehead atoms. The van der Waals surface area contributed by atoms with Gasteiger partial charge in [-0.15, -0.1) is 11.6 Å². The van der Waals surface area contributed by atoms with Crippen LogP contribution in [0.25, 0.3) is 0 Å². The predicted octanol–water partition coefficient (Wildman–Crippen LogP) is 1.74. The average molecular weight is 236 g/mol. The number of alkyl halides is 1. The van der Waals surface area contributed by atoms with E-state index in [2.05, 4.69) is 25.7 Å². The Labute approximate surface area is 97.7 Å². The molecule has 4 heteroatoms. The molecule has 0 N–H and O–H groups in total. The number of halogens is 1. The fourth-order valence-corrected chi connectivity index (χ4v) is 1.88. The summed E-state index contributed by atoms with van der Waals surface area (Å²) in [4.78, 5) is 2.35. The number of morpholine rings is 1. The van der Waals surface area contributed by atoms with Crippen molar-refractivity contribution in [2.45, 2.75) is 32.4 Å². The van der Waals surface area contributed by atoms with Gasteiger partial charge in [-0.2, -0.15) is 0 Å². The monoisotopic (exact) mass is 235 g/mol. The van der Waals surface area contributed by atoms with Crippen LogP contribution >= 0.6 is 11.6 Å². The number of hydrogen-bond acceptors (Lipinski definition) is 3. The number of rotatable bonds is 4. The van der Waals surface area contributed by atoms with Gasteiger partial charge in [0.2, 0.25) is 0 Å². The van der Waals surface area contributed by atoms with Gasteiger partial charge in [0.1, 0.15) is 0 Å². The molecular weight excluding hydrogens is 214 g/mol. The van der Waals surface area contributed by atoms with Crippen molar-refractivity contribution in [3.8, 4) is 0 Å². The Morgan fingerprint density at radius 3 is 2.80 bits per heavy atom. The van der Waals surface area contributed by atoms with Gasteiger partial charge in [-0.25, -0.2) is 0 Å². The highest BCUT2D eigenvalue weighted by molar-refractivity contribution is 6.18. The molecule has 0 aliphatic carbocycles. The zero-order valence-corrected chi connectivity index (χ0v) is 10.7. The van der Waals surface area contributed by atoms with Crippen LogP contribution in [-0.4, -0.2) is 55.3 Å². The van der Waals surface area contributed by atoms with Crippen molar-refractivity contribution >= 4 is 11.6 Å². The van der Waals surface area contributed by atoms with Crippen LogP contribution in [0.1, 0.15) is 20.8 Å². The molecule has 1 saturated heterocycles. The summed E-state index contributed by atoms with van der Waals surface area (Å²) in [5, 5.41) is 0. The highest BCUT2D eigenvalue weighted by Crippen LogP contribution is 2.10. The van der Waals surface area contributed by atoms with Gasteiger partial charge in [-0.05, 0) is 20.8 Å². The van der Waals surface area contributed by atoms with Gasteiger partial charge in [0.25, 0.3) is 0 Å². The first-order valence-electron chi connectivity index (χ1n) is 5.54. The summed E-state index contributed by atoms with van der Waals surface area (Å²) in [6.45, 7) is 10.4. The zero-order valence-electron chi connectivity index (χ0n) is 9.96. The minimum absolute atomic E-state index is 0.0528. The minimum Gasteiger partial charge on any atom is -0.378 e. The Kier molecular flexibility index (Phi) is 5.33. The van der Waals surface area contributed by atoms with Crippen LogP contribution in [0.4, 0.5) is 0 Å². The molecule has 0 aromatic heterocycles. The molecule has 0 amide bonds. The Bertz CT molecular complexity index is 182. The van der Waals surface area contributed by atoms with E-state index in [9.17, 15) is 0 Å². The predicted molar refractivity (Wildman–Crippen MR) is 62.6 cm³/mol. The summed E-state index contributed by atoms with van der Waals surface area (Å²) in [5.74, 6) is 0.634. The van der Waals surface area contributed by atoms with Gasteiger partial charge in [0.15, 0.2) is 0 Å². The summed E-state index contributed by atoms with van der Waals surface area (Å²) >= 11 is 5.88. The van der Waals surface area contributed by atoms with Crippen molar-refractivity contribution in [2.24, 2.45) is 0 Å². The quantitative estimate of drug-likeness (QED) is 0.693. The maximum Gasteiger partial charge on any atom is 0.0634 e. The summed E-state index contributed by atoms with van der Waals surface area (Å²) in [5.41, 5.74) is -0.0528. The van der Waals surface area contributed by atoms with E-state index in [4.69, 9.17) is 21.1 Å². The van der Waals surface area contributed by atoms with Gasteiger partial charge in [-0.1, -0.05) is 0 Å². The molecule has 0 saturated carbocycles. The molecule has 0 aromatic carbocycles. The first kappa shape index (κ1) is 13.2. The van der Waals surface area contributed by atoms with E-state index in [0.717, 1.165) is 32.9 Å². The van der Waals surface area contributed by atoms with Crippen LogP contribution < -0.4 is 0 Å². The second-order valence-corrected chi connectivity index (χ2v) is 5.19. The Morgan fingerprint density at radius 2 is 2.20 bits per heavy atom. The maximum absolute atomic E-state index is 5.88. The van der Waals surface area contributed by atoms with Crippen molar-refractivity contribution in [2.75, 3.05) is 38.8 Å².